The van der Waals surface area contributed by atoms with E-state index in [1.54, 1.807) is 39.8 Å². The summed E-state index contributed by atoms with van der Waals surface area (Å²) in [7, 11) is 0. The Kier molecular flexibility index (Phi) is 9.10. The van der Waals surface area contributed by atoms with Crippen molar-refractivity contribution in [3.63, 3.8) is 0 Å². The number of aromatic nitrogens is 2. The molecule has 0 spiro atoms. The van der Waals surface area contributed by atoms with Crippen molar-refractivity contribution in [2.24, 2.45) is 0 Å². The molecule has 0 radical (unpaired) electrons. The van der Waals surface area contributed by atoms with Gasteiger partial charge in [0, 0.05) is 12.2 Å². The summed E-state index contributed by atoms with van der Waals surface area (Å²) in [6.07, 6.45) is 0.598. The first-order valence-corrected chi connectivity index (χ1v) is 14.4. The largest absolute Gasteiger partial charge is 0.494 e. The fourth-order valence-corrected chi connectivity index (χ4v) is 5.11. The topological polar surface area (TPSA) is 76.5 Å². The number of carbonyl (C=O) groups is 1. The molecule has 1 aromatic heterocycles. The number of nitrogens with zero attached hydrogens (tertiary/aromatic N) is 3. The molecule has 0 aliphatic carbocycles. The molecule has 1 N–H and O–H groups in total. The van der Waals surface area contributed by atoms with Gasteiger partial charge in [-0.3, -0.25) is 9.36 Å². The van der Waals surface area contributed by atoms with E-state index in [0.29, 0.717) is 63.5 Å². The van der Waals surface area contributed by atoms with E-state index in [1.807, 2.05) is 80.6 Å². The first-order chi connectivity index (χ1) is 20.4. The molecule has 214 valence electrons. The lowest BCUT2D eigenvalue weighted by atomic mass is 10.1. The SMILES string of the molecule is CCOc1ccc(-n2c(C(C)N(CCc3ccccc3)C(=O)Nc3ccc(Cl)c(Cl)c3)nc3ccccc3c2=O)cc1. The Morgan fingerprint density at radius 3 is 2.38 bits per heavy atom. The molecule has 5 aromatic rings. The molecule has 42 heavy (non-hydrogen) atoms. The standard InChI is InChI=1S/C33H30Cl2N4O3/c1-3-42-26-16-14-25(15-17-26)39-31(37-30-12-8-7-11-27(30)32(39)40)22(2)38(20-19-23-9-5-4-6-10-23)33(41)36-24-13-18-28(34)29(35)21-24/h4-18,21-22H,3,19-20H2,1-2H3,(H,36,41). The minimum absolute atomic E-state index is 0.223. The van der Waals surface area contributed by atoms with Gasteiger partial charge in [0.25, 0.3) is 5.56 Å². The molecule has 1 atom stereocenters. The zero-order valence-electron chi connectivity index (χ0n) is 23.3. The number of rotatable bonds is 9. The highest BCUT2D eigenvalue weighted by Crippen LogP contribution is 2.28. The average Bonchev–Trinajstić information content (AvgIpc) is 3.00. The summed E-state index contributed by atoms with van der Waals surface area (Å²) in [5.41, 5.74) is 2.53. The van der Waals surface area contributed by atoms with Crippen LogP contribution in [0.1, 0.15) is 31.3 Å². The molecule has 1 heterocycles. The van der Waals surface area contributed by atoms with Crippen LogP contribution in [0.5, 0.6) is 5.75 Å². The maximum atomic E-state index is 13.9. The van der Waals surface area contributed by atoms with Crippen LogP contribution in [0, 0.1) is 0 Å². The monoisotopic (exact) mass is 600 g/mol. The minimum Gasteiger partial charge on any atom is -0.494 e. The fourth-order valence-electron chi connectivity index (χ4n) is 4.81. The fraction of sp³-hybridized carbons (Fsp3) is 0.182. The lowest BCUT2D eigenvalue weighted by molar-refractivity contribution is 0.190. The quantitative estimate of drug-likeness (QED) is 0.186. The lowest BCUT2D eigenvalue weighted by Gasteiger charge is -2.31. The molecule has 1 unspecified atom stereocenters. The van der Waals surface area contributed by atoms with Crippen LogP contribution in [0.3, 0.4) is 0 Å². The van der Waals surface area contributed by atoms with Crippen LogP contribution in [0.4, 0.5) is 10.5 Å². The van der Waals surface area contributed by atoms with Crippen molar-refractivity contribution < 1.29 is 9.53 Å². The van der Waals surface area contributed by atoms with Gasteiger partial charge in [-0.05, 0) is 80.4 Å². The number of carbonyl (C=O) groups excluding carboxylic acids is 1. The second kappa shape index (κ2) is 13.1. The summed E-state index contributed by atoms with van der Waals surface area (Å²) in [5.74, 6) is 1.13. The first kappa shape index (κ1) is 29.2. The maximum Gasteiger partial charge on any atom is 0.322 e. The van der Waals surface area contributed by atoms with E-state index in [1.165, 1.54) is 0 Å². The zero-order valence-corrected chi connectivity index (χ0v) is 24.8. The van der Waals surface area contributed by atoms with Gasteiger partial charge in [0.15, 0.2) is 0 Å². The predicted octanol–water partition coefficient (Wildman–Crippen LogP) is 7.93. The van der Waals surface area contributed by atoms with Gasteiger partial charge in [-0.25, -0.2) is 9.78 Å². The van der Waals surface area contributed by atoms with E-state index in [0.717, 1.165) is 5.56 Å². The Morgan fingerprint density at radius 2 is 1.67 bits per heavy atom. The van der Waals surface area contributed by atoms with Crippen LogP contribution in [0.15, 0.2) is 102 Å². The summed E-state index contributed by atoms with van der Waals surface area (Å²) in [4.78, 5) is 34.4. The molecule has 7 nitrogen and oxygen atoms in total. The summed E-state index contributed by atoms with van der Waals surface area (Å²) < 4.78 is 7.18. The van der Waals surface area contributed by atoms with E-state index in [4.69, 9.17) is 32.9 Å². The van der Waals surface area contributed by atoms with Gasteiger partial charge in [-0.2, -0.15) is 0 Å². The molecule has 0 aliphatic heterocycles. The van der Waals surface area contributed by atoms with Gasteiger partial charge < -0.3 is 15.0 Å². The number of hydrogen-bond donors (Lipinski definition) is 1. The van der Waals surface area contributed by atoms with Gasteiger partial charge >= 0.3 is 6.03 Å². The third-order valence-corrected chi connectivity index (χ3v) is 7.70. The van der Waals surface area contributed by atoms with Crippen LogP contribution >= 0.6 is 23.2 Å². The predicted molar refractivity (Wildman–Crippen MR) is 169 cm³/mol. The molecular formula is C33H30Cl2N4O3. The molecule has 0 saturated carbocycles. The number of para-hydroxylation sites is 1. The van der Waals surface area contributed by atoms with Gasteiger partial charge in [0.05, 0.1) is 39.3 Å². The highest BCUT2D eigenvalue weighted by Gasteiger charge is 2.27. The number of amides is 2. The van der Waals surface area contributed by atoms with Crippen LogP contribution in [0.25, 0.3) is 16.6 Å². The molecule has 9 heteroatoms. The Hall–Kier alpha value is -4.33. The smallest absolute Gasteiger partial charge is 0.322 e. The van der Waals surface area contributed by atoms with E-state index >= 15 is 0 Å². The first-order valence-electron chi connectivity index (χ1n) is 13.7. The van der Waals surface area contributed by atoms with Gasteiger partial charge in [-0.15, -0.1) is 0 Å². The van der Waals surface area contributed by atoms with E-state index in [9.17, 15) is 9.59 Å². The normalized spacial score (nSPS) is 11.7. The van der Waals surface area contributed by atoms with Crippen molar-refractivity contribution in [3.05, 3.63) is 129 Å². The number of nitrogens with one attached hydrogen (secondary N) is 1. The number of anilines is 1. The summed E-state index contributed by atoms with van der Waals surface area (Å²) in [6.45, 7) is 4.69. The summed E-state index contributed by atoms with van der Waals surface area (Å²) in [6, 6.07) is 28.4. The Bertz CT molecular complexity index is 1760. The second-order valence-electron chi connectivity index (χ2n) is 9.72. The van der Waals surface area contributed by atoms with Crippen LogP contribution in [-0.4, -0.2) is 33.6 Å². The molecule has 0 fully saturated rings. The third-order valence-electron chi connectivity index (χ3n) is 6.96. The molecule has 0 saturated heterocycles. The number of urea groups is 1. The maximum absolute atomic E-state index is 13.9. The lowest BCUT2D eigenvalue weighted by Crippen LogP contribution is -2.41. The van der Waals surface area contributed by atoms with Crippen molar-refractivity contribution in [1.82, 2.24) is 14.5 Å². The number of hydrogen-bond acceptors (Lipinski definition) is 4. The van der Waals surface area contributed by atoms with Crippen LogP contribution < -0.4 is 15.6 Å². The molecule has 5 rings (SSSR count). The Labute approximate surface area is 254 Å². The number of ether oxygens (including phenoxy) is 1. The number of halogens is 2. The molecule has 0 aliphatic rings. The van der Waals surface area contributed by atoms with Crippen molar-refractivity contribution >= 4 is 45.8 Å². The van der Waals surface area contributed by atoms with E-state index in [-0.39, 0.29) is 11.6 Å². The third kappa shape index (κ3) is 6.43. The van der Waals surface area contributed by atoms with Crippen molar-refractivity contribution in [3.8, 4) is 11.4 Å². The highest BCUT2D eigenvalue weighted by molar-refractivity contribution is 6.42. The molecule has 0 bridgehead atoms. The van der Waals surface area contributed by atoms with Crippen molar-refractivity contribution in [2.45, 2.75) is 26.3 Å². The van der Waals surface area contributed by atoms with Gasteiger partial charge in [-0.1, -0.05) is 65.7 Å². The molecule has 4 aromatic carbocycles. The molecule has 2 amide bonds. The van der Waals surface area contributed by atoms with Gasteiger partial charge in [0.1, 0.15) is 11.6 Å². The van der Waals surface area contributed by atoms with Crippen LogP contribution in [-0.2, 0) is 6.42 Å². The zero-order chi connectivity index (χ0) is 29.6. The molecular weight excluding hydrogens is 571 g/mol. The minimum atomic E-state index is -0.597. The van der Waals surface area contributed by atoms with E-state index < -0.39 is 6.04 Å². The summed E-state index contributed by atoms with van der Waals surface area (Å²) >= 11 is 12.3. The number of benzene rings is 4. The van der Waals surface area contributed by atoms with Crippen molar-refractivity contribution in [1.29, 1.82) is 0 Å². The second-order valence-corrected chi connectivity index (χ2v) is 10.5. The van der Waals surface area contributed by atoms with E-state index in [2.05, 4.69) is 5.32 Å². The Morgan fingerprint density at radius 1 is 0.952 bits per heavy atom. The Balaban J connectivity index is 1.59. The number of fused-ring (bicyclic) bond motifs is 1. The van der Waals surface area contributed by atoms with Crippen LogP contribution in [0.2, 0.25) is 10.0 Å². The van der Waals surface area contributed by atoms with Gasteiger partial charge in [0.2, 0.25) is 0 Å². The highest BCUT2D eigenvalue weighted by atomic mass is 35.5. The summed E-state index contributed by atoms with van der Waals surface area (Å²) in [5, 5.41) is 4.15. The average molecular weight is 602 g/mol. The van der Waals surface area contributed by atoms with Crippen molar-refractivity contribution in [2.75, 3.05) is 18.5 Å².